The van der Waals surface area contributed by atoms with Crippen LogP contribution in [0.3, 0.4) is 0 Å². The van der Waals surface area contributed by atoms with Crippen LogP contribution in [-0.4, -0.2) is 44.7 Å². The van der Waals surface area contributed by atoms with Crippen molar-refractivity contribution in [1.82, 2.24) is 0 Å². The SMILES string of the molecule is CC1(C)N=C(N)N=C(N)N1c1ccc(OCc2ccc(S(=O)(=O)Oc3cccc(F)c3)cc2)c(Cl)c1.CCS(=O)(=O)O. The predicted molar refractivity (Wildman–Crippen MR) is 158 cm³/mol. The first-order valence-electron chi connectivity index (χ1n) is 12.2. The van der Waals surface area contributed by atoms with Crippen LogP contribution < -0.4 is 25.3 Å². The molecule has 0 spiro atoms. The molecule has 0 bridgehead atoms. The summed E-state index contributed by atoms with van der Waals surface area (Å²) in [6.45, 7) is 5.18. The van der Waals surface area contributed by atoms with Crippen molar-refractivity contribution in [3.05, 3.63) is 83.1 Å². The number of ether oxygens (including phenoxy) is 1. The quantitative estimate of drug-likeness (QED) is 0.240. The van der Waals surface area contributed by atoms with E-state index in [4.69, 9.17) is 36.5 Å². The van der Waals surface area contributed by atoms with E-state index in [1.165, 1.54) is 37.3 Å². The number of aliphatic imine (C=N–C) groups is 2. The van der Waals surface area contributed by atoms with Crippen LogP contribution in [0.15, 0.2) is 81.6 Å². The number of rotatable bonds is 8. The third-order valence-corrected chi connectivity index (χ3v) is 7.83. The number of nitrogens with zero attached hydrogens (tertiary/aromatic N) is 3. The number of anilines is 1. The lowest BCUT2D eigenvalue weighted by Gasteiger charge is -2.38. The highest BCUT2D eigenvalue weighted by molar-refractivity contribution is 7.87. The highest BCUT2D eigenvalue weighted by atomic mass is 35.5. The molecule has 0 saturated carbocycles. The zero-order valence-electron chi connectivity index (χ0n) is 22.7. The maximum atomic E-state index is 13.3. The molecule has 4 rings (SSSR count). The van der Waals surface area contributed by atoms with Crippen molar-refractivity contribution in [3.63, 3.8) is 0 Å². The molecule has 0 aromatic heterocycles. The van der Waals surface area contributed by atoms with E-state index in [1.54, 1.807) is 35.2 Å². The number of nitrogens with two attached hydrogens (primary N) is 2. The summed E-state index contributed by atoms with van der Waals surface area (Å²) < 4.78 is 76.0. The van der Waals surface area contributed by atoms with Crippen molar-refractivity contribution in [2.75, 3.05) is 10.7 Å². The van der Waals surface area contributed by atoms with E-state index in [0.717, 1.165) is 6.07 Å². The Bertz CT molecular complexity index is 1710. The average Bonchev–Trinajstić information content (AvgIpc) is 2.87. The van der Waals surface area contributed by atoms with Gasteiger partial charge in [0.1, 0.15) is 34.5 Å². The van der Waals surface area contributed by atoms with Crippen molar-refractivity contribution in [2.45, 2.75) is 37.9 Å². The summed E-state index contributed by atoms with van der Waals surface area (Å²) in [5.41, 5.74) is 12.4. The van der Waals surface area contributed by atoms with Gasteiger partial charge in [-0.3, -0.25) is 9.45 Å². The van der Waals surface area contributed by atoms with E-state index in [1.807, 2.05) is 13.8 Å². The lowest BCUT2D eigenvalue weighted by Crippen LogP contribution is -2.54. The molecule has 0 amide bonds. The van der Waals surface area contributed by atoms with Crippen LogP contribution in [0.2, 0.25) is 5.02 Å². The third kappa shape index (κ3) is 8.79. The largest absolute Gasteiger partial charge is 0.487 e. The summed E-state index contributed by atoms with van der Waals surface area (Å²) in [5, 5.41) is 0.335. The van der Waals surface area contributed by atoms with Crippen LogP contribution in [0.25, 0.3) is 0 Å². The summed E-state index contributed by atoms with van der Waals surface area (Å²) in [6.07, 6.45) is 0. The van der Waals surface area contributed by atoms with E-state index in [-0.39, 0.29) is 34.9 Å². The first kappa shape index (κ1) is 32.6. The molecule has 16 heteroatoms. The predicted octanol–water partition coefficient (Wildman–Crippen LogP) is 3.91. The summed E-state index contributed by atoms with van der Waals surface area (Å²) >= 11 is 6.44. The van der Waals surface area contributed by atoms with Crippen molar-refractivity contribution in [3.8, 4) is 11.5 Å². The maximum absolute atomic E-state index is 13.3. The Morgan fingerprint density at radius 2 is 1.67 bits per heavy atom. The fourth-order valence-corrected chi connectivity index (χ4v) is 4.76. The molecule has 5 N–H and O–H groups in total. The minimum absolute atomic E-state index is 0.0791. The topological polar surface area (TPSA) is 187 Å². The monoisotopic (exact) mass is 641 g/mol. The van der Waals surface area contributed by atoms with Crippen molar-refractivity contribution >= 4 is 49.4 Å². The van der Waals surface area contributed by atoms with Gasteiger partial charge < -0.3 is 20.4 Å². The molecule has 0 saturated heterocycles. The molecule has 0 radical (unpaired) electrons. The Labute approximate surface area is 248 Å². The molecule has 3 aromatic carbocycles. The Morgan fingerprint density at radius 1 is 1.02 bits per heavy atom. The Hall–Kier alpha value is -3.92. The molecular formula is C26H29ClFN5O7S2. The normalized spacial score (nSPS) is 14.7. The van der Waals surface area contributed by atoms with Crippen LogP contribution in [0, 0.1) is 5.82 Å². The summed E-state index contributed by atoms with van der Waals surface area (Å²) in [7, 11) is -7.79. The highest BCUT2D eigenvalue weighted by Crippen LogP contribution is 2.34. The second kappa shape index (κ2) is 12.9. The minimum atomic E-state index is -4.12. The molecule has 1 heterocycles. The zero-order valence-corrected chi connectivity index (χ0v) is 25.1. The van der Waals surface area contributed by atoms with Gasteiger partial charge in [-0.05, 0) is 68.8 Å². The van der Waals surface area contributed by atoms with Gasteiger partial charge in [0.2, 0.25) is 11.9 Å². The van der Waals surface area contributed by atoms with Gasteiger partial charge in [-0.25, -0.2) is 9.38 Å². The molecule has 0 unspecified atom stereocenters. The molecule has 1 aliphatic heterocycles. The minimum Gasteiger partial charge on any atom is -0.487 e. The standard InChI is InChI=1S/C24H23ClFN5O4S.C2H6O3S/c1-24(2)30-22(27)29-23(28)31(24)17-8-11-21(20(25)13-17)34-14-15-6-9-19(10-7-15)36(32,33)35-18-5-3-4-16(26)12-18;1-2-6(3,4)5/h3-13H,14H2,1-2H3,(H4,27,28,29,30);2H2,1H3,(H,3,4,5). The molecule has 12 nitrogen and oxygen atoms in total. The smallest absolute Gasteiger partial charge is 0.339 e. The average molecular weight is 642 g/mol. The number of hydrogen-bond donors (Lipinski definition) is 3. The van der Waals surface area contributed by atoms with Gasteiger partial charge in [0.15, 0.2) is 0 Å². The van der Waals surface area contributed by atoms with Gasteiger partial charge in [0, 0.05) is 11.8 Å². The Balaban J connectivity index is 0.000000730. The molecule has 0 atom stereocenters. The van der Waals surface area contributed by atoms with Crippen LogP contribution in [0.4, 0.5) is 10.1 Å². The fraction of sp³-hybridized carbons (Fsp3) is 0.231. The van der Waals surface area contributed by atoms with E-state index < -0.39 is 31.7 Å². The van der Waals surface area contributed by atoms with E-state index in [9.17, 15) is 21.2 Å². The zero-order chi connectivity index (χ0) is 31.3. The van der Waals surface area contributed by atoms with Gasteiger partial charge in [0.05, 0.1) is 10.8 Å². The second-order valence-corrected chi connectivity index (χ2v) is 12.9. The molecular weight excluding hydrogens is 613 g/mol. The number of halogens is 2. The van der Waals surface area contributed by atoms with Gasteiger partial charge in [0.25, 0.3) is 10.1 Å². The van der Waals surface area contributed by atoms with E-state index >= 15 is 0 Å². The Morgan fingerprint density at radius 3 is 2.21 bits per heavy atom. The van der Waals surface area contributed by atoms with Crippen molar-refractivity contribution in [2.24, 2.45) is 21.5 Å². The molecule has 0 fully saturated rings. The van der Waals surface area contributed by atoms with Crippen LogP contribution in [0.5, 0.6) is 11.5 Å². The molecule has 0 aliphatic carbocycles. The van der Waals surface area contributed by atoms with E-state index in [2.05, 4.69) is 9.98 Å². The summed E-state index contributed by atoms with van der Waals surface area (Å²) in [6, 6.07) is 16.0. The number of guanidine groups is 2. The van der Waals surface area contributed by atoms with Crippen molar-refractivity contribution < 1.29 is 34.7 Å². The van der Waals surface area contributed by atoms with E-state index in [0.29, 0.717) is 22.0 Å². The highest BCUT2D eigenvalue weighted by Gasteiger charge is 2.33. The third-order valence-electron chi connectivity index (χ3n) is 5.54. The van der Waals surface area contributed by atoms with Gasteiger partial charge in [-0.1, -0.05) is 29.8 Å². The number of hydrogen-bond acceptors (Lipinski definition) is 11. The van der Waals surface area contributed by atoms with Gasteiger partial charge in [-0.2, -0.15) is 21.8 Å². The lowest BCUT2D eigenvalue weighted by molar-refractivity contribution is 0.306. The van der Waals surface area contributed by atoms with Gasteiger partial charge >= 0.3 is 10.1 Å². The first-order valence-corrected chi connectivity index (χ1v) is 15.6. The summed E-state index contributed by atoms with van der Waals surface area (Å²) in [4.78, 5) is 9.95. The molecule has 1 aliphatic rings. The summed E-state index contributed by atoms with van der Waals surface area (Å²) in [5.74, 6) is -0.215. The van der Waals surface area contributed by atoms with Crippen LogP contribution in [0.1, 0.15) is 26.3 Å². The van der Waals surface area contributed by atoms with Gasteiger partial charge in [-0.15, -0.1) is 0 Å². The molecule has 42 heavy (non-hydrogen) atoms. The lowest BCUT2D eigenvalue weighted by atomic mass is 10.1. The molecule has 3 aromatic rings. The van der Waals surface area contributed by atoms with Crippen molar-refractivity contribution in [1.29, 1.82) is 0 Å². The van der Waals surface area contributed by atoms with Crippen LogP contribution >= 0.6 is 11.6 Å². The maximum Gasteiger partial charge on any atom is 0.339 e. The first-order chi connectivity index (χ1) is 19.5. The fourth-order valence-electron chi connectivity index (χ4n) is 3.60. The Kier molecular flexibility index (Phi) is 10.0. The second-order valence-electron chi connectivity index (χ2n) is 9.18. The molecule has 226 valence electrons. The van der Waals surface area contributed by atoms with Crippen LogP contribution in [-0.2, 0) is 26.8 Å². The number of benzene rings is 3.